The predicted octanol–water partition coefficient (Wildman–Crippen LogP) is 2.71. The lowest BCUT2D eigenvalue weighted by Gasteiger charge is -2.40. The van der Waals surface area contributed by atoms with E-state index in [0.29, 0.717) is 0 Å². The summed E-state index contributed by atoms with van der Waals surface area (Å²) in [4.78, 5) is 3.39. The van der Waals surface area contributed by atoms with Crippen LogP contribution in [0.4, 0.5) is 0 Å². The smallest absolute Gasteiger partial charge is 0.0802 e. The van der Waals surface area contributed by atoms with Crippen molar-refractivity contribution in [2.45, 2.75) is 57.9 Å². The first-order valence-electron chi connectivity index (χ1n) is 6.68. The van der Waals surface area contributed by atoms with Crippen LogP contribution in [0.25, 0.3) is 0 Å². The van der Waals surface area contributed by atoms with Gasteiger partial charge in [0.05, 0.1) is 4.99 Å². The van der Waals surface area contributed by atoms with Gasteiger partial charge in [0.15, 0.2) is 0 Å². The van der Waals surface area contributed by atoms with Gasteiger partial charge in [-0.25, -0.2) is 0 Å². The molecule has 3 heteroatoms. The van der Waals surface area contributed by atoms with Crippen LogP contribution >= 0.6 is 12.2 Å². The van der Waals surface area contributed by atoms with E-state index >= 15 is 0 Å². The molecule has 1 heterocycles. The number of nitrogens with two attached hydrogens (primary N) is 1. The zero-order valence-corrected chi connectivity index (χ0v) is 11.2. The van der Waals surface area contributed by atoms with Gasteiger partial charge in [-0.1, -0.05) is 31.5 Å². The summed E-state index contributed by atoms with van der Waals surface area (Å²) < 4.78 is 0. The zero-order valence-electron chi connectivity index (χ0n) is 10.4. The zero-order chi connectivity index (χ0) is 11.6. The summed E-state index contributed by atoms with van der Waals surface area (Å²) in [6.45, 7) is 4.70. The van der Waals surface area contributed by atoms with Crippen LogP contribution < -0.4 is 5.73 Å². The van der Waals surface area contributed by atoms with Crippen LogP contribution in [0.5, 0.6) is 0 Å². The van der Waals surface area contributed by atoms with Gasteiger partial charge in [0, 0.05) is 18.0 Å². The Morgan fingerprint density at radius 3 is 2.56 bits per heavy atom. The number of nitrogens with zero attached hydrogens (tertiary/aromatic N) is 1. The molecule has 0 aromatic carbocycles. The van der Waals surface area contributed by atoms with Gasteiger partial charge in [-0.05, 0) is 39.2 Å². The van der Waals surface area contributed by atoms with E-state index in [1.165, 1.54) is 51.5 Å². The summed E-state index contributed by atoms with van der Waals surface area (Å²) in [6, 6.07) is 0.723. The van der Waals surface area contributed by atoms with Gasteiger partial charge in [-0.3, -0.25) is 4.90 Å². The molecular formula is C13H24N2S. The van der Waals surface area contributed by atoms with E-state index in [2.05, 4.69) is 11.8 Å². The second kappa shape index (κ2) is 5.01. The lowest BCUT2D eigenvalue weighted by Crippen LogP contribution is -2.48. The van der Waals surface area contributed by atoms with Gasteiger partial charge < -0.3 is 5.73 Å². The second-order valence-electron chi connectivity index (χ2n) is 5.67. The first kappa shape index (κ1) is 12.3. The Balaban J connectivity index is 2.02. The third kappa shape index (κ3) is 2.40. The maximum absolute atomic E-state index is 6.00. The molecular weight excluding hydrogens is 216 g/mol. The molecule has 2 fully saturated rings. The third-order valence-corrected chi connectivity index (χ3v) is 4.96. The topological polar surface area (TPSA) is 29.3 Å². The van der Waals surface area contributed by atoms with Crippen LogP contribution in [0.3, 0.4) is 0 Å². The molecule has 2 nitrogen and oxygen atoms in total. The van der Waals surface area contributed by atoms with Gasteiger partial charge >= 0.3 is 0 Å². The summed E-state index contributed by atoms with van der Waals surface area (Å²) in [7, 11) is 0. The monoisotopic (exact) mass is 240 g/mol. The van der Waals surface area contributed by atoms with Crippen LogP contribution in [0.1, 0.15) is 51.9 Å². The van der Waals surface area contributed by atoms with Crippen LogP contribution in [0.2, 0.25) is 0 Å². The van der Waals surface area contributed by atoms with Crippen molar-refractivity contribution in [3.63, 3.8) is 0 Å². The molecule has 0 spiro atoms. The molecule has 1 saturated heterocycles. The molecule has 2 N–H and O–H groups in total. The Morgan fingerprint density at radius 1 is 1.31 bits per heavy atom. The van der Waals surface area contributed by atoms with Gasteiger partial charge in [-0.2, -0.15) is 0 Å². The fourth-order valence-corrected chi connectivity index (χ4v) is 3.58. The molecule has 1 saturated carbocycles. The third-order valence-electron chi connectivity index (χ3n) is 4.53. The van der Waals surface area contributed by atoms with Crippen LogP contribution in [0, 0.1) is 5.41 Å². The molecule has 1 atom stereocenters. The molecule has 16 heavy (non-hydrogen) atoms. The second-order valence-corrected chi connectivity index (χ2v) is 6.11. The normalized spacial score (nSPS) is 30.4. The fourth-order valence-electron chi connectivity index (χ4n) is 3.32. The van der Waals surface area contributed by atoms with Crippen molar-refractivity contribution in [3.8, 4) is 0 Å². The molecule has 92 valence electrons. The van der Waals surface area contributed by atoms with Crippen molar-refractivity contribution < 1.29 is 0 Å². The average molecular weight is 240 g/mol. The Labute approximate surface area is 105 Å². The highest BCUT2D eigenvalue weighted by Gasteiger charge is 2.39. The molecule has 2 aliphatic rings. The number of piperidine rings is 1. The van der Waals surface area contributed by atoms with Crippen LogP contribution in [-0.2, 0) is 0 Å². The van der Waals surface area contributed by atoms with Crippen molar-refractivity contribution in [2.75, 3.05) is 13.1 Å². The Kier molecular flexibility index (Phi) is 3.85. The van der Waals surface area contributed by atoms with Crippen molar-refractivity contribution >= 4 is 17.2 Å². The summed E-state index contributed by atoms with van der Waals surface area (Å²) in [5.41, 5.74) is 6.17. The Bertz CT molecular complexity index is 259. The summed E-state index contributed by atoms with van der Waals surface area (Å²) >= 11 is 5.33. The first-order chi connectivity index (χ1) is 7.64. The van der Waals surface area contributed by atoms with Crippen molar-refractivity contribution in [1.82, 2.24) is 4.90 Å². The number of hydrogen-bond acceptors (Lipinski definition) is 2. The Hall–Kier alpha value is -0.150. The van der Waals surface area contributed by atoms with E-state index < -0.39 is 0 Å². The molecule has 1 aliphatic carbocycles. The van der Waals surface area contributed by atoms with E-state index in [4.69, 9.17) is 18.0 Å². The van der Waals surface area contributed by atoms with Gasteiger partial charge in [-0.15, -0.1) is 0 Å². The molecule has 1 unspecified atom stereocenters. The van der Waals surface area contributed by atoms with E-state index in [9.17, 15) is 0 Å². The predicted molar refractivity (Wildman–Crippen MR) is 72.6 cm³/mol. The SMILES string of the molecule is CC1CCCCN1CC1(C(N)=S)CCCC1. The van der Waals surface area contributed by atoms with Crippen LogP contribution in [0.15, 0.2) is 0 Å². The molecule has 0 bridgehead atoms. The van der Waals surface area contributed by atoms with E-state index in [1.54, 1.807) is 0 Å². The van der Waals surface area contributed by atoms with Crippen molar-refractivity contribution in [3.05, 3.63) is 0 Å². The number of likely N-dealkylation sites (tertiary alicyclic amines) is 1. The maximum Gasteiger partial charge on any atom is 0.0802 e. The fraction of sp³-hybridized carbons (Fsp3) is 0.923. The standard InChI is InChI=1S/C13H24N2S/c1-11-6-2-5-9-15(11)10-13(12(14)16)7-3-4-8-13/h11H,2-10H2,1H3,(H2,14,16). The highest BCUT2D eigenvalue weighted by molar-refractivity contribution is 7.80. The molecule has 1 aliphatic heterocycles. The van der Waals surface area contributed by atoms with Crippen molar-refractivity contribution in [2.24, 2.45) is 11.1 Å². The number of thiocarbonyl (C=S) groups is 1. The first-order valence-corrected chi connectivity index (χ1v) is 7.09. The van der Waals surface area contributed by atoms with Gasteiger partial charge in [0.25, 0.3) is 0 Å². The average Bonchev–Trinajstić information content (AvgIpc) is 2.71. The Morgan fingerprint density at radius 2 is 2.00 bits per heavy atom. The molecule has 0 aromatic heterocycles. The van der Waals surface area contributed by atoms with Gasteiger partial charge in [0.2, 0.25) is 0 Å². The maximum atomic E-state index is 6.00. The van der Waals surface area contributed by atoms with Gasteiger partial charge in [0.1, 0.15) is 0 Å². The molecule has 2 rings (SSSR count). The van der Waals surface area contributed by atoms with Crippen molar-refractivity contribution in [1.29, 1.82) is 0 Å². The minimum absolute atomic E-state index is 0.168. The largest absolute Gasteiger partial charge is 0.393 e. The van der Waals surface area contributed by atoms with E-state index in [-0.39, 0.29) is 5.41 Å². The number of rotatable bonds is 3. The summed E-state index contributed by atoms with van der Waals surface area (Å²) in [6.07, 6.45) is 9.11. The summed E-state index contributed by atoms with van der Waals surface area (Å²) in [5, 5.41) is 0. The minimum atomic E-state index is 0.168. The quantitative estimate of drug-likeness (QED) is 0.769. The van der Waals surface area contributed by atoms with Crippen LogP contribution in [-0.4, -0.2) is 29.0 Å². The summed E-state index contributed by atoms with van der Waals surface area (Å²) in [5.74, 6) is 0. The lowest BCUT2D eigenvalue weighted by atomic mass is 9.84. The molecule has 0 radical (unpaired) electrons. The highest BCUT2D eigenvalue weighted by atomic mass is 32.1. The highest BCUT2D eigenvalue weighted by Crippen LogP contribution is 2.40. The minimum Gasteiger partial charge on any atom is -0.393 e. The molecule has 0 aromatic rings. The molecule has 0 amide bonds. The number of hydrogen-bond donors (Lipinski definition) is 1. The van der Waals surface area contributed by atoms with E-state index in [0.717, 1.165) is 17.6 Å². The van der Waals surface area contributed by atoms with E-state index in [1.807, 2.05) is 0 Å². The lowest BCUT2D eigenvalue weighted by molar-refractivity contribution is 0.120.